The Morgan fingerprint density at radius 3 is 3.00 bits per heavy atom. The summed E-state index contributed by atoms with van der Waals surface area (Å²) in [5.74, 6) is 0.465. The number of aromatic nitrogens is 1. The van der Waals surface area contributed by atoms with Crippen molar-refractivity contribution in [3.05, 3.63) is 59.5 Å². The third-order valence-electron chi connectivity index (χ3n) is 4.03. The maximum Gasteiger partial charge on any atom is 0.213 e. The molecule has 23 heavy (non-hydrogen) atoms. The zero-order chi connectivity index (χ0) is 16.1. The molecule has 1 aromatic heterocycles. The van der Waals surface area contributed by atoms with Gasteiger partial charge in [0, 0.05) is 38.3 Å². The van der Waals surface area contributed by atoms with Crippen LogP contribution in [0.25, 0.3) is 0 Å². The molecule has 1 aromatic carbocycles. The highest BCUT2D eigenvalue weighted by Gasteiger charge is 2.24. The Kier molecular flexibility index (Phi) is 5.20. The summed E-state index contributed by atoms with van der Waals surface area (Å²) < 4.78 is 19.0. The molecule has 1 aliphatic heterocycles. The largest absolute Gasteiger partial charge is 0.478 e. The molecule has 0 bridgehead atoms. The van der Waals surface area contributed by atoms with E-state index in [9.17, 15) is 4.39 Å². The van der Waals surface area contributed by atoms with E-state index in [0.29, 0.717) is 12.5 Å². The predicted molar refractivity (Wildman–Crippen MR) is 87.8 cm³/mol. The van der Waals surface area contributed by atoms with E-state index < -0.39 is 0 Å². The lowest BCUT2D eigenvalue weighted by molar-refractivity contribution is 0.151. The summed E-state index contributed by atoms with van der Waals surface area (Å²) in [7, 11) is 0. The van der Waals surface area contributed by atoms with Crippen LogP contribution in [0.5, 0.6) is 5.88 Å². The summed E-state index contributed by atoms with van der Waals surface area (Å²) in [6.45, 7) is 5.93. The summed E-state index contributed by atoms with van der Waals surface area (Å²) in [5.41, 5.74) is 1.97. The molecule has 1 aliphatic rings. The molecule has 5 heteroatoms. The number of pyridine rings is 1. The molecule has 0 aliphatic carbocycles. The molecule has 0 spiro atoms. The highest BCUT2D eigenvalue weighted by atomic mass is 19.1. The van der Waals surface area contributed by atoms with E-state index in [4.69, 9.17) is 4.74 Å². The number of ether oxygens (including phenoxy) is 1. The quantitative estimate of drug-likeness (QED) is 0.921. The van der Waals surface area contributed by atoms with Gasteiger partial charge in [0.2, 0.25) is 5.88 Å². The van der Waals surface area contributed by atoms with Crippen molar-refractivity contribution in [2.75, 3.05) is 26.2 Å². The van der Waals surface area contributed by atoms with Crippen LogP contribution in [0.1, 0.15) is 24.2 Å². The van der Waals surface area contributed by atoms with Crippen molar-refractivity contribution in [2.24, 2.45) is 0 Å². The number of halogens is 1. The molecular formula is C18H22FN3O. The van der Waals surface area contributed by atoms with Crippen LogP contribution in [0.2, 0.25) is 0 Å². The van der Waals surface area contributed by atoms with Crippen molar-refractivity contribution < 1.29 is 9.13 Å². The first-order valence-electron chi connectivity index (χ1n) is 8.05. The molecule has 1 atom stereocenters. The summed E-state index contributed by atoms with van der Waals surface area (Å²) >= 11 is 0. The average molecular weight is 315 g/mol. The third-order valence-corrected chi connectivity index (χ3v) is 4.03. The van der Waals surface area contributed by atoms with Gasteiger partial charge in [0.15, 0.2) is 0 Å². The Hall–Kier alpha value is -1.98. The average Bonchev–Trinajstić information content (AvgIpc) is 2.56. The Morgan fingerprint density at radius 1 is 1.30 bits per heavy atom. The number of hydrogen-bond acceptors (Lipinski definition) is 4. The SMILES string of the molecule is CCOc1cccc(CN2CCNCC2c2cccc(F)c2)n1. The summed E-state index contributed by atoms with van der Waals surface area (Å²) in [4.78, 5) is 6.88. The highest BCUT2D eigenvalue weighted by Crippen LogP contribution is 2.24. The van der Waals surface area contributed by atoms with E-state index >= 15 is 0 Å². The van der Waals surface area contributed by atoms with Crippen LogP contribution in [0, 0.1) is 5.82 Å². The molecule has 1 fully saturated rings. The van der Waals surface area contributed by atoms with Crippen LogP contribution in [-0.2, 0) is 6.54 Å². The van der Waals surface area contributed by atoms with Crippen LogP contribution in [-0.4, -0.2) is 36.1 Å². The Bertz CT molecular complexity index is 650. The van der Waals surface area contributed by atoms with Gasteiger partial charge >= 0.3 is 0 Å². The highest BCUT2D eigenvalue weighted by molar-refractivity contribution is 5.22. The molecule has 2 heterocycles. The molecule has 0 radical (unpaired) electrons. The fourth-order valence-corrected chi connectivity index (χ4v) is 2.96. The minimum Gasteiger partial charge on any atom is -0.478 e. The van der Waals surface area contributed by atoms with Gasteiger partial charge in [-0.3, -0.25) is 4.90 Å². The molecule has 3 rings (SSSR count). The van der Waals surface area contributed by atoms with Gasteiger partial charge in [-0.15, -0.1) is 0 Å². The van der Waals surface area contributed by atoms with Gasteiger partial charge in [0.25, 0.3) is 0 Å². The summed E-state index contributed by atoms with van der Waals surface area (Å²) in [6.07, 6.45) is 0. The Labute approximate surface area is 136 Å². The smallest absolute Gasteiger partial charge is 0.213 e. The number of rotatable bonds is 5. The Balaban J connectivity index is 1.78. The van der Waals surface area contributed by atoms with Gasteiger partial charge in [-0.2, -0.15) is 0 Å². The molecule has 1 saturated heterocycles. The second kappa shape index (κ2) is 7.53. The summed E-state index contributed by atoms with van der Waals surface area (Å²) in [6, 6.07) is 12.8. The van der Waals surface area contributed by atoms with E-state index in [1.807, 2.05) is 31.2 Å². The molecule has 122 valence electrons. The van der Waals surface area contributed by atoms with Gasteiger partial charge < -0.3 is 10.1 Å². The van der Waals surface area contributed by atoms with Gasteiger partial charge in [-0.05, 0) is 30.7 Å². The van der Waals surface area contributed by atoms with Crippen molar-refractivity contribution in [3.63, 3.8) is 0 Å². The third kappa shape index (κ3) is 4.06. The molecule has 1 N–H and O–H groups in total. The number of nitrogens with one attached hydrogen (secondary N) is 1. The van der Waals surface area contributed by atoms with E-state index in [2.05, 4.69) is 15.2 Å². The monoisotopic (exact) mass is 315 g/mol. The first-order valence-corrected chi connectivity index (χ1v) is 8.05. The normalized spacial score (nSPS) is 18.8. The van der Waals surface area contributed by atoms with Crippen LogP contribution in [0.15, 0.2) is 42.5 Å². The maximum atomic E-state index is 13.5. The standard InChI is InChI=1S/C18H22FN3O/c1-2-23-18-8-4-7-16(21-18)13-22-10-9-20-12-17(22)14-5-3-6-15(19)11-14/h3-8,11,17,20H,2,9-10,12-13H2,1H3. The number of hydrogen-bond donors (Lipinski definition) is 1. The Morgan fingerprint density at radius 2 is 2.17 bits per heavy atom. The first-order chi connectivity index (χ1) is 11.3. The molecule has 0 saturated carbocycles. The fourth-order valence-electron chi connectivity index (χ4n) is 2.96. The first kappa shape index (κ1) is 15.9. The second-order valence-corrected chi connectivity index (χ2v) is 5.65. The molecule has 0 amide bonds. The van der Waals surface area contributed by atoms with Gasteiger partial charge in [-0.1, -0.05) is 18.2 Å². The van der Waals surface area contributed by atoms with Gasteiger partial charge in [-0.25, -0.2) is 9.37 Å². The van der Waals surface area contributed by atoms with Crippen molar-refractivity contribution in [2.45, 2.75) is 19.5 Å². The lowest BCUT2D eigenvalue weighted by atomic mass is 10.0. The zero-order valence-corrected chi connectivity index (χ0v) is 13.3. The van der Waals surface area contributed by atoms with Crippen LogP contribution in [0.4, 0.5) is 4.39 Å². The molecule has 1 unspecified atom stereocenters. The topological polar surface area (TPSA) is 37.4 Å². The van der Waals surface area contributed by atoms with Crippen molar-refractivity contribution in [3.8, 4) is 5.88 Å². The van der Waals surface area contributed by atoms with E-state index in [-0.39, 0.29) is 11.9 Å². The van der Waals surface area contributed by atoms with Crippen molar-refractivity contribution >= 4 is 0 Å². The zero-order valence-electron chi connectivity index (χ0n) is 13.3. The van der Waals surface area contributed by atoms with Gasteiger partial charge in [0.1, 0.15) is 5.82 Å². The minimum atomic E-state index is -0.190. The number of benzene rings is 1. The van der Waals surface area contributed by atoms with E-state index in [1.165, 1.54) is 6.07 Å². The fraction of sp³-hybridized carbons (Fsp3) is 0.389. The van der Waals surface area contributed by atoms with Crippen molar-refractivity contribution in [1.82, 2.24) is 15.2 Å². The van der Waals surface area contributed by atoms with Crippen LogP contribution < -0.4 is 10.1 Å². The second-order valence-electron chi connectivity index (χ2n) is 5.65. The summed E-state index contributed by atoms with van der Waals surface area (Å²) in [5, 5.41) is 3.39. The van der Waals surface area contributed by atoms with E-state index in [0.717, 1.165) is 37.4 Å². The van der Waals surface area contributed by atoms with Gasteiger partial charge in [0.05, 0.1) is 12.3 Å². The number of nitrogens with zero attached hydrogens (tertiary/aromatic N) is 2. The molecule has 4 nitrogen and oxygen atoms in total. The predicted octanol–water partition coefficient (Wildman–Crippen LogP) is 2.77. The lowest BCUT2D eigenvalue weighted by Crippen LogP contribution is -2.45. The lowest BCUT2D eigenvalue weighted by Gasteiger charge is -2.36. The molecular weight excluding hydrogens is 293 g/mol. The van der Waals surface area contributed by atoms with Crippen LogP contribution in [0.3, 0.4) is 0 Å². The van der Waals surface area contributed by atoms with Crippen molar-refractivity contribution in [1.29, 1.82) is 0 Å². The number of piperazine rings is 1. The molecule has 2 aromatic rings. The van der Waals surface area contributed by atoms with E-state index in [1.54, 1.807) is 12.1 Å². The van der Waals surface area contributed by atoms with Crippen LogP contribution >= 0.6 is 0 Å². The minimum absolute atomic E-state index is 0.150. The maximum absolute atomic E-state index is 13.5.